The van der Waals surface area contributed by atoms with Crippen LogP contribution in [0.2, 0.25) is 0 Å². The first kappa shape index (κ1) is 26.8. The highest BCUT2D eigenvalue weighted by atomic mass is 14.3. The number of allylic oxidation sites excluding steroid dienone is 4. The molecule has 2 unspecified atom stereocenters. The second-order valence-electron chi connectivity index (χ2n) is 12.4. The van der Waals surface area contributed by atoms with Gasteiger partial charge in [-0.15, -0.1) is 0 Å². The van der Waals surface area contributed by atoms with E-state index in [9.17, 15) is 0 Å². The SMILES string of the molecule is CCCCCC1C=CC(/C=C/C2CCC(c3ccc(C4CCC(CCCC)CC4)cc3)CC2)CC1. The Morgan fingerprint density at radius 2 is 1.23 bits per heavy atom. The van der Waals surface area contributed by atoms with Gasteiger partial charge in [-0.05, 0) is 117 Å². The Kier molecular flexibility index (Phi) is 11.0. The smallest absolute Gasteiger partial charge is 0.00531 e. The van der Waals surface area contributed by atoms with E-state index in [1.165, 1.54) is 109 Å². The van der Waals surface area contributed by atoms with Crippen LogP contribution in [0.5, 0.6) is 0 Å². The van der Waals surface area contributed by atoms with Gasteiger partial charge in [0.1, 0.15) is 0 Å². The molecule has 0 nitrogen and oxygen atoms in total. The summed E-state index contributed by atoms with van der Waals surface area (Å²) in [6.07, 6.45) is 34.0. The zero-order valence-electron chi connectivity index (χ0n) is 23.1. The second-order valence-corrected chi connectivity index (χ2v) is 12.4. The summed E-state index contributed by atoms with van der Waals surface area (Å²) < 4.78 is 0. The third-order valence-corrected chi connectivity index (χ3v) is 9.77. The molecule has 0 bridgehead atoms. The van der Waals surface area contributed by atoms with Gasteiger partial charge in [-0.3, -0.25) is 0 Å². The molecule has 0 spiro atoms. The van der Waals surface area contributed by atoms with Crippen LogP contribution in [0, 0.1) is 23.7 Å². The number of benzene rings is 1. The summed E-state index contributed by atoms with van der Waals surface area (Å²) in [6, 6.07) is 9.96. The fourth-order valence-corrected chi connectivity index (χ4v) is 7.22. The molecular formula is C35H54. The zero-order valence-corrected chi connectivity index (χ0v) is 23.1. The first-order valence-electron chi connectivity index (χ1n) is 15.7. The standard InChI is InChI=1S/C35H54/c1-3-5-7-9-29-10-12-30(13-11-29)14-15-31-18-22-33(23-19-31)35-26-24-34(25-27-35)32-20-16-28(17-21-32)8-6-4-2/h10,12,14-15,24-33H,3-9,11,13,16-23H2,1-2H3/b15-14+. The van der Waals surface area contributed by atoms with E-state index in [0.29, 0.717) is 5.92 Å². The van der Waals surface area contributed by atoms with Crippen LogP contribution in [0.1, 0.15) is 146 Å². The maximum absolute atomic E-state index is 2.59. The van der Waals surface area contributed by atoms with E-state index >= 15 is 0 Å². The lowest BCUT2D eigenvalue weighted by Gasteiger charge is -2.30. The van der Waals surface area contributed by atoms with Gasteiger partial charge in [0.05, 0.1) is 0 Å². The minimum atomic E-state index is 0.699. The van der Waals surface area contributed by atoms with Crippen molar-refractivity contribution in [3.05, 3.63) is 59.7 Å². The summed E-state index contributed by atoms with van der Waals surface area (Å²) in [7, 11) is 0. The molecule has 2 fully saturated rings. The second kappa shape index (κ2) is 14.4. The van der Waals surface area contributed by atoms with Crippen molar-refractivity contribution in [2.24, 2.45) is 23.7 Å². The normalized spacial score (nSPS) is 31.7. The maximum atomic E-state index is 2.59. The predicted molar refractivity (Wildman–Crippen MR) is 154 cm³/mol. The summed E-state index contributed by atoms with van der Waals surface area (Å²) in [4.78, 5) is 0. The molecule has 0 aliphatic heterocycles. The Morgan fingerprint density at radius 3 is 1.80 bits per heavy atom. The van der Waals surface area contributed by atoms with E-state index < -0.39 is 0 Å². The van der Waals surface area contributed by atoms with Crippen LogP contribution in [0.4, 0.5) is 0 Å². The zero-order chi connectivity index (χ0) is 24.3. The lowest BCUT2D eigenvalue weighted by Crippen LogP contribution is -2.14. The van der Waals surface area contributed by atoms with Gasteiger partial charge < -0.3 is 0 Å². The van der Waals surface area contributed by atoms with Crippen molar-refractivity contribution in [3.63, 3.8) is 0 Å². The highest BCUT2D eigenvalue weighted by Crippen LogP contribution is 2.40. The molecular weight excluding hydrogens is 420 g/mol. The van der Waals surface area contributed by atoms with Crippen molar-refractivity contribution in [2.45, 2.75) is 135 Å². The summed E-state index contributed by atoms with van der Waals surface area (Å²) in [5.41, 5.74) is 3.23. The van der Waals surface area contributed by atoms with Crippen molar-refractivity contribution in [3.8, 4) is 0 Å². The lowest BCUT2D eigenvalue weighted by atomic mass is 9.75. The van der Waals surface area contributed by atoms with Gasteiger partial charge in [0.15, 0.2) is 0 Å². The van der Waals surface area contributed by atoms with Crippen molar-refractivity contribution >= 4 is 0 Å². The highest BCUT2D eigenvalue weighted by Gasteiger charge is 2.24. The predicted octanol–water partition coefficient (Wildman–Crippen LogP) is 11.1. The monoisotopic (exact) mass is 474 g/mol. The summed E-state index contributed by atoms with van der Waals surface area (Å²) in [5.74, 6) is 4.99. The van der Waals surface area contributed by atoms with E-state index in [1.807, 2.05) is 0 Å². The van der Waals surface area contributed by atoms with Crippen LogP contribution in [0.3, 0.4) is 0 Å². The molecule has 35 heavy (non-hydrogen) atoms. The topological polar surface area (TPSA) is 0 Å². The molecule has 1 aromatic carbocycles. The lowest BCUT2D eigenvalue weighted by molar-refractivity contribution is 0.304. The van der Waals surface area contributed by atoms with Crippen LogP contribution in [-0.2, 0) is 0 Å². The number of unbranched alkanes of at least 4 members (excludes halogenated alkanes) is 3. The number of hydrogen-bond acceptors (Lipinski definition) is 0. The minimum Gasteiger partial charge on any atom is -0.0848 e. The average Bonchev–Trinajstić information content (AvgIpc) is 2.92. The van der Waals surface area contributed by atoms with Crippen LogP contribution in [0.25, 0.3) is 0 Å². The number of hydrogen-bond donors (Lipinski definition) is 0. The summed E-state index contributed by atoms with van der Waals surface area (Å²) in [6.45, 7) is 4.64. The summed E-state index contributed by atoms with van der Waals surface area (Å²) in [5, 5.41) is 0. The molecule has 0 radical (unpaired) electrons. The third-order valence-electron chi connectivity index (χ3n) is 9.77. The minimum absolute atomic E-state index is 0.699. The van der Waals surface area contributed by atoms with Gasteiger partial charge in [0.25, 0.3) is 0 Å². The van der Waals surface area contributed by atoms with Crippen molar-refractivity contribution in [1.82, 2.24) is 0 Å². The van der Waals surface area contributed by atoms with Crippen molar-refractivity contribution in [2.75, 3.05) is 0 Å². The third kappa shape index (κ3) is 8.36. The van der Waals surface area contributed by atoms with Gasteiger partial charge in [0, 0.05) is 0 Å². The molecule has 0 amide bonds. The molecule has 194 valence electrons. The van der Waals surface area contributed by atoms with E-state index in [4.69, 9.17) is 0 Å². The van der Waals surface area contributed by atoms with Crippen LogP contribution in [-0.4, -0.2) is 0 Å². The molecule has 0 heterocycles. The largest absolute Gasteiger partial charge is 0.0848 e. The first-order chi connectivity index (χ1) is 17.2. The Balaban J connectivity index is 1.17. The van der Waals surface area contributed by atoms with Crippen LogP contribution in [0.15, 0.2) is 48.6 Å². The molecule has 0 heteroatoms. The van der Waals surface area contributed by atoms with Crippen LogP contribution >= 0.6 is 0 Å². The Labute approximate surface area is 218 Å². The van der Waals surface area contributed by atoms with E-state index in [1.54, 1.807) is 11.1 Å². The highest BCUT2D eigenvalue weighted by molar-refractivity contribution is 5.28. The average molecular weight is 475 g/mol. The Hall–Kier alpha value is -1.30. The Bertz CT molecular complexity index is 752. The Morgan fingerprint density at radius 1 is 0.600 bits per heavy atom. The van der Waals surface area contributed by atoms with Gasteiger partial charge in [0.2, 0.25) is 0 Å². The fraction of sp³-hybridized carbons (Fsp3) is 0.714. The van der Waals surface area contributed by atoms with Gasteiger partial charge >= 0.3 is 0 Å². The molecule has 4 rings (SSSR count). The van der Waals surface area contributed by atoms with Gasteiger partial charge in [-0.1, -0.05) is 101 Å². The molecule has 0 aromatic heterocycles. The van der Waals surface area contributed by atoms with Crippen molar-refractivity contribution < 1.29 is 0 Å². The molecule has 0 N–H and O–H groups in total. The van der Waals surface area contributed by atoms with E-state index in [0.717, 1.165) is 29.6 Å². The number of rotatable bonds is 11. The summed E-state index contributed by atoms with van der Waals surface area (Å²) >= 11 is 0. The maximum Gasteiger partial charge on any atom is -0.00531 e. The first-order valence-corrected chi connectivity index (χ1v) is 15.7. The molecule has 2 atom stereocenters. The van der Waals surface area contributed by atoms with Crippen molar-refractivity contribution in [1.29, 1.82) is 0 Å². The van der Waals surface area contributed by atoms with Gasteiger partial charge in [-0.2, -0.15) is 0 Å². The van der Waals surface area contributed by atoms with E-state index in [-0.39, 0.29) is 0 Å². The fourth-order valence-electron chi connectivity index (χ4n) is 7.22. The molecule has 2 saturated carbocycles. The molecule has 0 saturated heterocycles. The molecule has 3 aliphatic rings. The quantitative estimate of drug-likeness (QED) is 0.221. The molecule has 1 aromatic rings. The van der Waals surface area contributed by atoms with E-state index in [2.05, 4.69) is 62.4 Å². The molecule has 3 aliphatic carbocycles. The van der Waals surface area contributed by atoms with Gasteiger partial charge in [-0.25, -0.2) is 0 Å². The van der Waals surface area contributed by atoms with Crippen LogP contribution < -0.4 is 0 Å².